The molecule has 35 heavy (non-hydrogen) atoms. The minimum atomic E-state index is -0.917. The van der Waals surface area contributed by atoms with Crippen LogP contribution in [-0.4, -0.2) is 54.1 Å². The van der Waals surface area contributed by atoms with Crippen molar-refractivity contribution in [2.45, 2.75) is 18.4 Å². The quantitative estimate of drug-likeness (QED) is 0.471. The maximum Gasteiger partial charge on any atom is 0.414 e. The van der Waals surface area contributed by atoms with Gasteiger partial charge in [0.25, 0.3) is 5.91 Å². The lowest BCUT2D eigenvalue weighted by atomic mass is 9.98. The van der Waals surface area contributed by atoms with Gasteiger partial charge in [-0.25, -0.2) is 4.79 Å². The van der Waals surface area contributed by atoms with E-state index in [2.05, 4.69) is 27.9 Å². The highest BCUT2D eigenvalue weighted by atomic mass is 16.6. The standard InChI is InChI=1S/C25H23N3O7/c29-23(26-11-15-9-14(12-33-15)24(30)31)21-10-22(35-28-21)27-25(32)34-13-20-18-7-3-1-5-16(18)17-6-2-4-8-19(17)20/h1-8,10,14-15,20H,9,11-13H2,(H,26,29)(H,27,32)(H,30,31). The first-order valence-electron chi connectivity index (χ1n) is 11.2. The second-order valence-electron chi connectivity index (χ2n) is 8.46. The Labute approximate surface area is 200 Å². The summed E-state index contributed by atoms with van der Waals surface area (Å²) in [6.45, 7) is 0.402. The Morgan fingerprint density at radius 3 is 2.40 bits per heavy atom. The number of ether oxygens (including phenoxy) is 2. The number of fused-ring (bicyclic) bond motifs is 3. The van der Waals surface area contributed by atoms with Crippen molar-refractivity contribution in [1.29, 1.82) is 0 Å². The van der Waals surface area contributed by atoms with Crippen LogP contribution in [0.5, 0.6) is 0 Å². The van der Waals surface area contributed by atoms with Crippen LogP contribution in [0.15, 0.2) is 59.1 Å². The third-order valence-electron chi connectivity index (χ3n) is 6.23. The van der Waals surface area contributed by atoms with Crippen molar-refractivity contribution >= 4 is 23.9 Å². The Morgan fingerprint density at radius 2 is 1.74 bits per heavy atom. The summed E-state index contributed by atoms with van der Waals surface area (Å²) in [6, 6.07) is 17.3. The van der Waals surface area contributed by atoms with Crippen LogP contribution in [0.3, 0.4) is 0 Å². The average Bonchev–Trinajstić information content (AvgIpc) is 3.59. The van der Waals surface area contributed by atoms with E-state index in [1.54, 1.807) is 0 Å². The van der Waals surface area contributed by atoms with Crippen LogP contribution in [-0.2, 0) is 14.3 Å². The molecule has 0 bridgehead atoms. The van der Waals surface area contributed by atoms with Crippen LogP contribution in [0.4, 0.5) is 10.7 Å². The number of aliphatic carboxylic acids is 1. The number of amides is 2. The second-order valence-corrected chi connectivity index (χ2v) is 8.46. The van der Waals surface area contributed by atoms with Crippen LogP contribution in [0.2, 0.25) is 0 Å². The summed E-state index contributed by atoms with van der Waals surface area (Å²) >= 11 is 0. The van der Waals surface area contributed by atoms with Crippen molar-refractivity contribution in [3.8, 4) is 11.1 Å². The third kappa shape index (κ3) is 4.73. The van der Waals surface area contributed by atoms with Gasteiger partial charge in [-0.3, -0.25) is 14.9 Å². The molecule has 10 heteroatoms. The zero-order valence-electron chi connectivity index (χ0n) is 18.6. The van der Waals surface area contributed by atoms with Gasteiger partial charge in [-0.1, -0.05) is 53.7 Å². The molecule has 2 aromatic carbocycles. The molecule has 2 atom stereocenters. The number of nitrogens with one attached hydrogen (secondary N) is 2. The normalized spacial score (nSPS) is 18.5. The van der Waals surface area contributed by atoms with Crippen molar-refractivity contribution in [3.05, 3.63) is 71.4 Å². The minimum absolute atomic E-state index is 0.0320. The zero-order chi connectivity index (χ0) is 24.4. The van der Waals surface area contributed by atoms with Gasteiger partial charge < -0.3 is 24.4 Å². The molecule has 1 aromatic heterocycles. The van der Waals surface area contributed by atoms with Gasteiger partial charge in [-0.2, -0.15) is 0 Å². The number of carboxylic acid groups (broad SMARTS) is 1. The van der Waals surface area contributed by atoms with Gasteiger partial charge in [0.1, 0.15) is 6.61 Å². The predicted molar refractivity (Wildman–Crippen MR) is 123 cm³/mol. The maximum atomic E-state index is 12.4. The fourth-order valence-corrected chi connectivity index (χ4v) is 4.49. The summed E-state index contributed by atoms with van der Waals surface area (Å²) in [5.41, 5.74) is 4.42. The summed E-state index contributed by atoms with van der Waals surface area (Å²) in [5.74, 6) is -2.13. The topological polar surface area (TPSA) is 140 Å². The van der Waals surface area contributed by atoms with E-state index in [1.807, 2.05) is 36.4 Å². The summed E-state index contributed by atoms with van der Waals surface area (Å²) in [7, 11) is 0. The molecular weight excluding hydrogens is 454 g/mol. The lowest BCUT2D eigenvalue weighted by molar-refractivity contribution is -0.141. The summed E-state index contributed by atoms with van der Waals surface area (Å²) in [6.07, 6.45) is -0.789. The molecular formula is C25H23N3O7. The number of benzene rings is 2. The largest absolute Gasteiger partial charge is 0.481 e. The number of rotatable bonds is 7. The van der Waals surface area contributed by atoms with E-state index in [0.29, 0.717) is 6.42 Å². The monoisotopic (exact) mass is 477 g/mol. The summed E-state index contributed by atoms with van der Waals surface area (Å²) in [4.78, 5) is 35.7. The first-order valence-corrected chi connectivity index (χ1v) is 11.2. The molecule has 3 aromatic rings. The molecule has 0 spiro atoms. The molecule has 10 nitrogen and oxygen atoms in total. The van der Waals surface area contributed by atoms with Crippen molar-refractivity contribution in [1.82, 2.24) is 10.5 Å². The number of anilines is 1. The summed E-state index contributed by atoms with van der Waals surface area (Å²) < 4.78 is 15.9. The van der Waals surface area contributed by atoms with E-state index in [9.17, 15) is 14.4 Å². The third-order valence-corrected chi connectivity index (χ3v) is 6.23. The van der Waals surface area contributed by atoms with Crippen molar-refractivity contribution in [3.63, 3.8) is 0 Å². The molecule has 2 unspecified atom stereocenters. The zero-order valence-corrected chi connectivity index (χ0v) is 18.6. The Balaban J connectivity index is 1.13. The van der Waals surface area contributed by atoms with Crippen LogP contribution in [0.1, 0.15) is 34.0 Å². The number of nitrogens with zero attached hydrogens (tertiary/aromatic N) is 1. The maximum absolute atomic E-state index is 12.4. The molecule has 180 valence electrons. The molecule has 3 N–H and O–H groups in total. The highest BCUT2D eigenvalue weighted by Crippen LogP contribution is 2.44. The van der Waals surface area contributed by atoms with E-state index >= 15 is 0 Å². The average molecular weight is 477 g/mol. The first kappa shape index (κ1) is 22.6. The van der Waals surface area contributed by atoms with Gasteiger partial charge in [-0.15, -0.1) is 0 Å². The van der Waals surface area contributed by atoms with Crippen molar-refractivity contribution < 1.29 is 33.5 Å². The first-order chi connectivity index (χ1) is 17.0. The lowest BCUT2D eigenvalue weighted by Gasteiger charge is -2.13. The number of hydrogen-bond donors (Lipinski definition) is 3. The fourth-order valence-electron chi connectivity index (χ4n) is 4.49. The Morgan fingerprint density at radius 1 is 1.06 bits per heavy atom. The molecule has 1 aliphatic carbocycles. The Hall–Kier alpha value is -4.18. The molecule has 1 saturated heterocycles. The molecule has 2 aliphatic rings. The number of hydrogen-bond acceptors (Lipinski definition) is 7. The van der Waals surface area contributed by atoms with E-state index in [0.717, 1.165) is 22.3 Å². The number of carboxylic acids is 1. The Kier molecular flexibility index (Phi) is 6.19. The van der Waals surface area contributed by atoms with Gasteiger partial charge in [0.05, 0.1) is 18.6 Å². The van der Waals surface area contributed by atoms with Crippen LogP contribution >= 0.6 is 0 Å². The van der Waals surface area contributed by atoms with E-state index in [4.69, 9.17) is 19.1 Å². The molecule has 0 radical (unpaired) electrons. The van der Waals surface area contributed by atoms with Crippen molar-refractivity contribution in [2.75, 3.05) is 25.1 Å². The minimum Gasteiger partial charge on any atom is -0.481 e. The van der Waals surface area contributed by atoms with Crippen LogP contribution < -0.4 is 10.6 Å². The van der Waals surface area contributed by atoms with E-state index < -0.39 is 23.9 Å². The van der Waals surface area contributed by atoms with Crippen molar-refractivity contribution in [2.24, 2.45) is 5.92 Å². The van der Waals surface area contributed by atoms with Gasteiger partial charge in [-0.05, 0) is 28.7 Å². The lowest BCUT2D eigenvalue weighted by Crippen LogP contribution is -2.32. The number of aromatic nitrogens is 1. The van der Waals surface area contributed by atoms with Gasteiger partial charge in [0.15, 0.2) is 5.69 Å². The van der Waals surface area contributed by atoms with Gasteiger partial charge in [0.2, 0.25) is 5.88 Å². The molecule has 2 amide bonds. The second kappa shape index (κ2) is 9.59. The predicted octanol–water partition coefficient (Wildman–Crippen LogP) is 3.26. The number of carbonyl (C=O) groups excluding carboxylic acids is 2. The highest BCUT2D eigenvalue weighted by molar-refractivity contribution is 5.93. The molecule has 1 aliphatic heterocycles. The smallest absolute Gasteiger partial charge is 0.414 e. The molecule has 5 rings (SSSR count). The Bertz CT molecular complexity index is 1230. The molecule has 0 saturated carbocycles. The van der Waals surface area contributed by atoms with E-state index in [-0.39, 0.29) is 43.4 Å². The highest BCUT2D eigenvalue weighted by Gasteiger charge is 2.31. The van der Waals surface area contributed by atoms with E-state index in [1.165, 1.54) is 6.07 Å². The van der Waals surface area contributed by atoms with Crippen LogP contribution in [0, 0.1) is 5.92 Å². The van der Waals surface area contributed by atoms with Gasteiger partial charge in [0, 0.05) is 18.5 Å². The SMILES string of the molecule is O=C(Nc1cc(C(=O)NCC2CC(C(=O)O)CO2)no1)OCC1c2ccccc2-c2ccccc21. The fraction of sp³-hybridized carbons (Fsp3) is 0.280. The number of carbonyl (C=O) groups is 3. The molecule has 2 heterocycles. The van der Waals surface area contributed by atoms with Crippen LogP contribution in [0.25, 0.3) is 11.1 Å². The van der Waals surface area contributed by atoms with Gasteiger partial charge >= 0.3 is 12.1 Å². The molecule has 1 fully saturated rings. The summed E-state index contributed by atoms with van der Waals surface area (Å²) in [5, 5.41) is 17.7.